The molecule has 0 radical (unpaired) electrons. The Morgan fingerprint density at radius 1 is 1.06 bits per heavy atom. The minimum atomic E-state index is -1.18. The van der Waals surface area contributed by atoms with Crippen LogP contribution in [0.4, 0.5) is 0 Å². The number of carboxylic acids is 1. The van der Waals surface area contributed by atoms with Crippen molar-refractivity contribution < 1.29 is 19.5 Å². The van der Waals surface area contributed by atoms with Gasteiger partial charge in [0.25, 0.3) is 0 Å². The molecule has 0 aliphatic heterocycles. The molecule has 0 bridgehead atoms. The van der Waals surface area contributed by atoms with Gasteiger partial charge in [0, 0.05) is 24.9 Å². The van der Waals surface area contributed by atoms with E-state index in [9.17, 15) is 14.4 Å². The summed E-state index contributed by atoms with van der Waals surface area (Å²) in [6.07, 6.45) is 0.682. The van der Waals surface area contributed by atoms with Gasteiger partial charge in [-0.15, -0.1) is 12.4 Å². The molecule has 1 aliphatic carbocycles. The standard InChI is InChI=1S/C25H31N5O4.ClH/c1-15(2)21(28-14-20(31)32)23(33)30-25(11-18-5-3-4-6-19(18)12-25)24(34)29-13-16-7-9-17(10-8-16)22(26)27;/h3-10,15,21,28H,11-14H2,1-2H3,(H3,26,27)(H,29,34)(H,30,33)(H,31,32);1H/t21-;/m1./s1. The van der Waals surface area contributed by atoms with Gasteiger partial charge in [0.2, 0.25) is 11.8 Å². The van der Waals surface area contributed by atoms with Crippen molar-refractivity contribution >= 4 is 36.0 Å². The highest BCUT2D eigenvalue weighted by Crippen LogP contribution is 2.31. The summed E-state index contributed by atoms with van der Waals surface area (Å²) in [6, 6.07) is 13.9. The highest BCUT2D eigenvalue weighted by molar-refractivity contribution is 5.95. The zero-order valence-corrected chi connectivity index (χ0v) is 20.6. The van der Waals surface area contributed by atoms with Crippen LogP contribution < -0.4 is 21.7 Å². The van der Waals surface area contributed by atoms with Gasteiger partial charge in [-0.1, -0.05) is 62.4 Å². The molecule has 0 saturated carbocycles. The van der Waals surface area contributed by atoms with Gasteiger partial charge >= 0.3 is 5.97 Å². The molecule has 7 N–H and O–H groups in total. The number of fused-ring (bicyclic) bond motifs is 1. The van der Waals surface area contributed by atoms with E-state index >= 15 is 0 Å². The molecule has 0 unspecified atom stereocenters. The fourth-order valence-corrected chi connectivity index (χ4v) is 4.22. The van der Waals surface area contributed by atoms with Gasteiger partial charge < -0.3 is 21.5 Å². The maximum atomic E-state index is 13.5. The Morgan fingerprint density at radius 3 is 2.11 bits per heavy atom. The van der Waals surface area contributed by atoms with Crippen LogP contribution in [0.25, 0.3) is 0 Å². The number of aliphatic carboxylic acids is 1. The third-order valence-corrected chi connectivity index (χ3v) is 6.04. The van der Waals surface area contributed by atoms with Crippen LogP contribution in [0, 0.1) is 11.3 Å². The second-order valence-corrected chi connectivity index (χ2v) is 8.98. The lowest BCUT2D eigenvalue weighted by molar-refractivity contribution is -0.137. The lowest BCUT2D eigenvalue weighted by Gasteiger charge is -2.32. The van der Waals surface area contributed by atoms with E-state index in [1.165, 1.54) is 0 Å². The van der Waals surface area contributed by atoms with Crippen LogP contribution in [-0.2, 0) is 33.8 Å². The molecule has 2 aromatic carbocycles. The quantitative estimate of drug-likeness (QED) is 0.213. The normalized spacial score (nSPS) is 14.4. The Morgan fingerprint density at radius 2 is 1.63 bits per heavy atom. The van der Waals surface area contributed by atoms with E-state index in [-0.39, 0.29) is 43.2 Å². The fraction of sp³-hybridized carbons (Fsp3) is 0.360. The van der Waals surface area contributed by atoms with E-state index in [4.69, 9.17) is 16.2 Å². The molecule has 35 heavy (non-hydrogen) atoms. The second kappa shape index (κ2) is 11.8. The molecule has 188 valence electrons. The molecule has 1 aliphatic rings. The van der Waals surface area contributed by atoms with Crippen LogP contribution in [0.1, 0.15) is 36.1 Å². The van der Waals surface area contributed by atoms with Gasteiger partial charge in [-0.25, -0.2) is 0 Å². The molecule has 0 fully saturated rings. The van der Waals surface area contributed by atoms with E-state index in [1.54, 1.807) is 24.3 Å². The summed E-state index contributed by atoms with van der Waals surface area (Å²) in [5, 5.41) is 25.2. The summed E-state index contributed by atoms with van der Waals surface area (Å²) < 4.78 is 0. The Balaban J connectivity index is 0.00000432. The average molecular weight is 502 g/mol. The van der Waals surface area contributed by atoms with E-state index in [0.717, 1.165) is 16.7 Å². The van der Waals surface area contributed by atoms with Crippen LogP contribution in [0.2, 0.25) is 0 Å². The highest BCUT2D eigenvalue weighted by Gasteiger charge is 2.46. The number of amidine groups is 1. The van der Waals surface area contributed by atoms with Gasteiger partial charge in [0.05, 0.1) is 12.6 Å². The molecular weight excluding hydrogens is 470 g/mol. The van der Waals surface area contributed by atoms with Gasteiger partial charge in [0.15, 0.2) is 0 Å². The van der Waals surface area contributed by atoms with Crippen molar-refractivity contribution in [2.24, 2.45) is 11.7 Å². The van der Waals surface area contributed by atoms with E-state index in [0.29, 0.717) is 18.4 Å². The fourth-order valence-electron chi connectivity index (χ4n) is 4.22. The lowest BCUT2D eigenvalue weighted by atomic mass is 9.92. The number of nitrogen functional groups attached to an aromatic ring is 1. The predicted octanol–water partition coefficient (Wildman–Crippen LogP) is 1.36. The molecule has 2 amide bonds. The summed E-state index contributed by atoms with van der Waals surface area (Å²) >= 11 is 0. The number of amides is 2. The Bertz CT molecular complexity index is 1060. The Hall–Kier alpha value is -3.43. The minimum absolute atomic E-state index is 0. The maximum Gasteiger partial charge on any atom is 0.317 e. The van der Waals surface area contributed by atoms with Crippen molar-refractivity contribution in [3.05, 3.63) is 70.8 Å². The molecule has 3 rings (SSSR count). The van der Waals surface area contributed by atoms with Gasteiger partial charge in [0.1, 0.15) is 11.4 Å². The molecule has 10 heteroatoms. The van der Waals surface area contributed by atoms with Crippen molar-refractivity contribution in [1.29, 1.82) is 5.41 Å². The number of rotatable bonds is 10. The van der Waals surface area contributed by atoms with Crippen LogP contribution in [0.3, 0.4) is 0 Å². The third-order valence-electron chi connectivity index (χ3n) is 6.04. The van der Waals surface area contributed by atoms with Gasteiger partial charge in [-0.3, -0.25) is 25.1 Å². The maximum absolute atomic E-state index is 13.5. The number of carbonyl (C=O) groups is 3. The topological polar surface area (TPSA) is 157 Å². The molecule has 1 atom stereocenters. The summed E-state index contributed by atoms with van der Waals surface area (Å²) in [6.45, 7) is 3.53. The van der Waals surface area contributed by atoms with Crippen LogP contribution in [-0.4, -0.2) is 46.9 Å². The van der Waals surface area contributed by atoms with Crippen molar-refractivity contribution in [2.75, 3.05) is 6.54 Å². The summed E-state index contributed by atoms with van der Waals surface area (Å²) in [5.74, 6) is -1.99. The summed E-state index contributed by atoms with van der Waals surface area (Å²) in [7, 11) is 0. The number of hydrogen-bond acceptors (Lipinski definition) is 5. The number of hydrogen-bond donors (Lipinski definition) is 6. The van der Waals surface area contributed by atoms with Crippen LogP contribution in [0.15, 0.2) is 48.5 Å². The number of nitrogens with two attached hydrogens (primary N) is 1. The monoisotopic (exact) mass is 501 g/mol. The van der Waals surface area contributed by atoms with Crippen molar-refractivity contribution in [3.8, 4) is 0 Å². The minimum Gasteiger partial charge on any atom is -0.480 e. The number of halogens is 1. The SMILES string of the molecule is CC(C)[C@@H](NCC(=O)O)C(=O)NC1(C(=O)NCc2ccc(C(=N)N)cc2)Cc2ccccc2C1.Cl. The second-order valence-electron chi connectivity index (χ2n) is 8.98. The largest absolute Gasteiger partial charge is 0.480 e. The van der Waals surface area contributed by atoms with E-state index in [2.05, 4.69) is 16.0 Å². The molecule has 0 heterocycles. The lowest BCUT2D eigenvalue weighted by Crippen LogP contribution is -2.63. The van der Waals surface area contributed by atoms with Gasteiger partial charge in [-0.05, 0) is 22.6 Å². The van der Waals surface area contributed by atoms with E-state index < -0.39 is 23.5 Å². The number of benzene rings is 2. The van der Waals surface area contributed by atoms with Crippen molar-refractivity contribution in [2.45, 2.75) is 44.8 Å². The van der Waals surface area contributed by atoms with Gasteiger partial charge in [-0.2, -0.15) is 0 Å². The molecule has 0 spiro atoms. The predicted molar refractivity (Wildman–Crippen MR) is 136 cm³/mol. The number of carboxylic acid groups (broad SMARTS) is 1. The Kier molecular flexibility index (Phi) is 9.39. The van der Waals surface area contributed by atoms with Crippen LogP contribution in [0.5, 0.6) is 0 Å². The zero-order chi connectivity index (χ0) is 24.9. The average Bonchev–Trinajstić information content (AvgIpc) is 3.16. The number of nitrogens with one attached hydrogen (secondary N) is 4. The first-order valence-electron chi connectivity index (χ1n) is 11.2. The first kappa shape index (κ1) is 27.8. The number of carbonyl (C=O) groups excluding carboxylic acids is 2. The molecular formula is C25H32ClN5O4. The van der Waals surface area contributed by atoms with Crippen LogP contribution >= 0.6 is 12.4 Å². The summed E-state index contributed by atoms with van der Waals surface area (Å²) in [5.41, 5.74) is 7.72. The van der Waals surface area contributed by atoms with E-state index in [1.807, 2.05) is 38.1 Å². The summed E-state index contributed by atoms with van der Waals surface area (Å²) in [4.78, 5) is 37.7. The first-order valence-corrected chi connectivity index (χ1v) is 11.2. The first-order chi connectivity index (χ1) is 16.1. The zero-order valence-electron chi connectivity index (χ0n) is 19.8. The molecule has 0 aromatic heterocycles. The smallest absolute Gasteiger partial charge is 0.317 e. The molecule has 9 nitrogen and oxygen atoms in total. The molecule has 2 aromatic rings. The third kappa shape index (κ3) is 6.80. The van der Waals surface area contributed by atoms with Crippen molar-refractivity contribution in [1.82, 2.24) is 16.0 Å². The molecule has 0 saturated heterocycles. The highest BCUT2D eigenvalue weighted by atomic mass is 35.5. The Labute approximate surface area is 210 Å². The van der Waals surface area contributed by atoms with Crippen molar-refractivity contribution in [3.63, 3.8) is 0 Å².